The van der Waals surface area contributed by atoms with Crippen molar-refractivity contribution in [2.45, 2.75) is 6.54 Å². The quantitative estimate of drug-likeness (QED) is 0.433. The Labute approximate surface area is 119 Å². The lowest BCUT2D eigenvalue weighted by Gasteiger charge is -2.02. The van der Waals surface area contributed by atoms with E-state index in [1.54, 1.807) is 6.07 Å². The van der Waals surface area contributed by atoms with Crippen LogP contribution in [0.2, 0.25) is 0 Å². The second-order valence-corrected chi connectivity index (χ2v) is 4.52. The topological polar surface area (TPSA) is 107 Å². The van der Waals surface area contributed by atoms with Crippen molar-refractivity contribution >= 4 is 28.5 Å². The number of nitrogens with one attached hydrogen (secondary N) is 1. The Balaban J connectivity index is 1.78. The largest absolute Gasteiger partial charge is 0.423 e. The van der Waals surface area contributed by atoms with Crippen LogP contribution in [0, 0.1) is 10.1 Å². The van der Waals surface area contributed by atoms with Gasteiger partial charge >= 0.3 is 0 Å². The maximum absolute atomic E-state index is 10.7. The molecule has 0 saturated heterocycles. The van der Waals surface area contributed by atoms with E-state index in [0.717, 1.165) is 5.56 Å². The summed E-state index contributed by atoms with van der Waals surface area (Å²) in [4.78, 5) is 14.5. The standard InChI is InChI=1S/C14H12N4O3/c15-10-3-1-9(2-4-10)8-16-14-17-12-6-5-11(18(19)20)7-13(12)21-14/h1-7H,8,15H2,(H,16,17). The van der Waals surface area contributed by atoms with Crippen molar-refractivity contribution in [2.75, 3.05) is 11.1 Å². The molecule has 0 spiro atoms. The van der Waals surface area contributed by atoms with Gasteiger partial charge in [0.05, 0.1) is 11.0 Å². The fourth-order valence-corrected chi connectivity index (χ4v) is 1.92. The van der Waals surface area contributed by atoms with Gasteiger partial charge in [-0.3, -0.25) is 10.1 Å². The molecule has 0 radical (unpaired) electrons. The van der Waals surface area contributed by atoms with Crippen LogP contribution in [0.25, 0.3) is 11.1 Å². The third-order valence-corrected chi connectivity index (χ3v) is 3.01. The number of nitrogens with two attached hydrogens (primary N) is 1. The summed E-state index contributed by atoms with van der Waals surface area (Å²) in [5, 5.41) is 13.7. The van der Waals surface area contributed by atoms with Crippen LogP contribution in [0.1, 0.15) is 5.56 Å². The molecule has 7 nitrogen and oxygen atoms in total. The molecule has 3 rings (SSSR count). The predicted octanol–water partition coefficient (Wildman–Crippen LogP) is 2.93. The molecule has 7 heteroatoms. The number of hydrogen-bond donors (Lipinski definition) is 2. The van der Waals surface area contributed by atoms with Gasteiger partial charge in [-0.15, -0.1) is 0 Å². The smallest absolute Gasteiger partial charge is 0.295 e. The van der Waals surface area contributed by atoms with Crippen LogP contribution in [0.4, 0.5) is 17.4 Å². The minimum absolute atomic E-state index is 0.0243. The van der Waals surface area contributed by atoms with Crippen LogP contribution < -0.4 is 11.1 Å². The average molecular weight is 284 g/mol. The number of nitrogens with zero attached hydrogens (tertiary/aromatic N) is 2. The second-order valence-electron chi connectivity index (χ2n) is 4.52. The number of non-ortho nitro benzene ring substituents is 1. The van der Waals surface area contributed by atoms with Gasteiger partial charge in [0.25, 0.3) is 11.7 Å². The molecule has 0 aliphatic carbocycles. The molecule has 0 bridgehead atoms. The molecule has 0 fully saturated rings. The first-order chi connectivity index (χ1) is 10.1. The summed E-state index contributed by atoms with van der Waals surface area (Å²) in [5.41, 5.74) is 8.27. The molecular weight excluding hydrogens is 272 g/mol. The van der Waals surface area contributed by atoms with E-state index in [2.05, 4.69) is 10.3 Å². The minimum atomic E-state index is -0.469. The molecule has 0 saturated carbocycles. The van der Waals surface area contributed by atoms with Crippen molar-refractivity contribution in [3.05, 3.63) is 58.1 Å². The van der Waals surface area contributed by atoms with E-state index in [1.807, 2.05) is 24.3 Å². The molecule has 1 heterocycles. The first kappa shape index (κ1) is 12.9. The SMILES string of the molecule is Nc1ccc(CNc2nc3ccc([N+](=O)[O-])cc3o2)cc1. The van der Waals surface area contributed by atoms with E-state index < -0.39 is 4.92 Å². The highest BCUT2D eigenvalue weighted by atomic mass is 16.6. The summed E-state index contributed by atoms with van der Waals surface area (Å²) >= 11 is 0. The normalized spacial score (nSPS) is 10.7. The van der Waals surface area contributed by atoms with Gasteiger partial charge in [-0.25, -0.2) is 0 Å². The maximum atomic E-state index is 10.7. The first-order valence-corrected chi connectivity index (χ1v) is 6.25. The number of hydrogen-bond acceptors (Lipinski definition) is 6. The van der Waals surface area contributed by atoms with Crippen molar-refractivity contribution in [1.29, 1.82) is 0 Å². The molecule has 0 amide bonds. The molecule has 0 aliphatic heterocycles. The zero-order chi connectivity index (χ0) is 14.8. The zero-order valence-electron chi connectivity index (χ0n) is 10.9. The number of benzene rings is 2. The lowest BCUT2D eigenvalue weighted by atomic mass is 10.2. The minimum Gasteiger partial charge on any atom is -0.423 e. The molecule has 106 valence electrons. The first-order valence-electron chi connectivity index (χ1n) is 6.25. The van der Waals surface area contributed by atoms with E-state index in [1.165, 1.54) is 12.1 Å². The van der Waals surface area contributed by atoms with Crippen LogP contribution >= 0.6 is 0 Å². The molecule has 21 heavy (non-hydrogen) atoms. The highest BCUT2D eigenvalue weighted by Gasteiger charge is 2.11. The van der Waals surface area contributed by atoms with E-state index in [9.17, 15) is 10.1 Å². The second kappa shape index (κ2) is 5.12. The Morgan fingerprint density at radius 2 is 2.00 bits per heavy atom. The van der Waals surface area contributed by atoms with Crippen molar-refractivity contribution in [3.8, 4) is 0 Å². The monoisotopic (exact) mass is 284 g/mol. The molecule has 3 N–H and O–H groups in total. The van der Waals surface area contributed by atoms with E-state index in [-0.39, 0.29) is 5.69 Å². The summed E-state index contributed by atoms with van der Waals surface area (Å²) in [7, 11) is 0. The van der Waals surface area contributed by atoms with Crippen LogP contribution in [-0.4, -0.2) is 9.91 Å². The van der Waals surface area contributed by atoms with Gasteiger partial charge in [0.15, 0.2) is 5.58 Å². The average Bonchev–Trinajstić information content (AvgIpc) is 2.88. The van der Waals surface area contributed by atoms with Crippen molar-refractivity contribution < 1.29 is 9.34 Å². The van der Waals surface area contributed by atoms with Gasteiger partial charge in [-0.05, 0) is 23.8 Å². The molecule has 0 atom stereocenters. The summed E-state index contributed by atoms with van der Waals surface area (Å²) in [5.74, 6) is 0. The summed E-state index contributed by atoms with van der Waals surface area (Å²) in [6, 6.07) is 12.1. The van der Waals surface area contributed by atoms with E-state index in [0.29, 0.717) is 29.3 Å². The molecule has 2 aromatic carbocycles. The summed E-state index contributed by atoms with van der Waals surface area (Å²) in [6.07, 6.45) is 0. The van der Waals surface area contributed by atoms with E-state index in [4.69, 9.17) is 10.2 Å². The Bertz CT molecular complexity index is 796. The van der Waals surface area contributed by atoms with E-state index >= 15 is 0 Å². The van der Waals surface area contributed by atoms with Crippen molar-refractivity contribution in [3.63, 3.8) is 0 Å². The Morgan fingerprint density at radius 3 is 2.71 bits per heavy atom. The van der Waals surface area contributed by atoms with Gasteiger partial charge in [-0.1, -0.05) is 12.1 Å². The number of oxazole rings is 1. The third-order valence-electron chi connectivity index (χ3n) is 3.01. The maximum Gasteiger partial charge on any atom is 0.295 e. The zero-order valence-corrected chi connectivity index (χ0v) is 10.9. The number of aromatic nitrogens is 1. The van der Waals surface area contributed by atoms with Crippen molar-refractivity contribution in [2.24, 2.45) is 0 Å². The molecular formula is C14H12N4O3. The van der Waals surface area contributed by atoms with Gasteiger partial charge in [0, 0.05) is 18.3 Å². The predicted molar refractivity (Wildman–Crippen MR) is 78.8 cm³/mol. The van der Waals surface area contributed by atoms with Gasteiger partial charge < -0.3 is 15.5 Å². The molecule has 0 aliphatic rings. The number of nitro benzene ring substituents is 1. The summed E-state index contributed by atoms with van der Waals surface area (Å²) in [6.45, 7) is 0.523. The molecule has 3 aromatic rings. The van der Waals surface area contributed by atoms with Gasteiger partial charge in [-0.2, -0.15) is 4.98 Å². The molecule has 1 aromatic heterocycles. The lowest BCUT2D eigenvalue weighted by molar-refractivity contribution is -0.384. The fraction of sp³-hybridized carbons (Fsp3) is 0.0714. The Kier molecular flexibility index (Phi) is 3.15. The summed E-state index contributed by atoms with van der Waals surface area (Å²) < 4.78 is 5.45. The Hall–Kier alpha value is -3.09. The third kappa shape index (κ3) is 2.76. The van der Waals surface area contributed by atoms with Crippen LogP contribution in [0.3, 0.4) is 0 Å². The highest BCUT2D eigenvalue weighted by molar-refractivity contribution is 5.77. The van der Waals surface area contributed by atoms with Gasteiger partial charge in [0.2, 0.25) is 0 Å². The van der Waals surface area contributed by atoms with Crippen LogP contribution in [0.15, 0.2) is 46.9 Å². The lowest BCUT2D eigenvalue weighted by Crippen LogP contribution is -1.99. The number of nitrogen functional groups attached to an aromatic ring is 1. The van der Waals surface area contributed by atoms with Crippen molar-refractivity contribution in [1.82, 2.24) is 4.98 Å². The number of rotatable bonds is 4. The van der Waals surface area contributed by atoms with Crippen LogP contribution in [-0.2, 0) is 6.54 Å². The number of fused-ring (bicyclic) bond motifs is 1. The fourth-order valence-electron chi connectivity index (χ4n) is 1.92. The molecule has 0 unspecified atom stereocenters. The Morgan fingerprint density at radius 1 is 1.24 bits per heavy atom. The highest BCUT2D eigenvalue weighted by Crippen LogP contribution is 2.23. The number of anilines is 2. The number of nitro groups is 1. The van der Waals surface area contributed by atoms with Crippen LogP contribution in [0.5, 0.6) is 0 Å². The van der Waals surface area contributed by atoms with Gasteiger partial charge in [0.1, 0.15) is 5.52 Å².